The molecule has 0 spiro atoms. The first-order valence-electron chi connectivity index (χ1n) is 4.56. The minimum Gasteiger partial charge on any atom is -0.380 e. The summed E-state index contributed by atoms with van der Waals surface area (Å²) in [6, 6.07) is 11.7. The first kappa shape index (κ1) is 9.50. The first-order valence-corrected chi connectivity index (χ1v) is 4.56. The predicted octanol–water partition coefficient (Wildman–Crippen LogP) is 1.40. The molecule has 3 nitrogen and oxygen atoms in total. The number of terminal acetylenes is 1. The SMILES string of the molecule is C#Cn1ccnc1C(O)c1ccccc1. The van der Waals surface area contributed by atoms with Crippen molar-refractivity contribution in [3.05, 3.63) is 54.1 Å². The zero-order valence-electron chi connectivity index (χ0n) is 8.04. The Labute approximate surface area is 88.0 Å². The smallest absolute Gasteiger partial charge is 0.153 e. The summed E-state index contributed by atoms with van der Waals surface area (Å²) in [4.78, 5) is 4.03. The highest BCUT2D eigenvalue weighted by atomic mass is 16.3. The van der Waals surface area contributed by atoms with Crippen LogP contribution in [0.4, 0.5) is 0 Å². The number of hydrogen-bond acceptors (Lipinski definition) is 2. The molecule has 1 aromatic carbocycles. The van der Waals surface area contributed by atoms with Crippen molar-refractivity contribution < 1.29 is 5.11 Å². The van der Waals surface area contributed by atoms with Gasteiger partial charge in [-0.05, 0) is 5.56 Å². The van der Waals surface area contributed by atoms with Crippen LogP contribution in [0.15, 0.2) is 42.7 Å². The van der Waals surface area contributed by atoms with Gasteiger partial charge in [-0.25, -0.2) is 4.98 Å². The molecule has 1 atom stereocenters. The third-order valence-corrected chi connectivity index (χ3v) is 2.17. The van der Waals surface area contributed by atoms with E-state index in [9.17, 15) is 5.11 Å². The predicted molar refractivity (Wildman–Crippen MR) is 57.0 cm³/mol. The van der Waals surface area contributed by atoms with Gasteiger partial charge in [0.2, 0.25) is 0 Å². The second-order valence-corrected chi connectivity index (χ2v) is 3.10. The highest BCUT2D eigenvalue weighted by molar-refractivity contribution is 5.24. The Bertz CT molecular complexity index is 482. The average Bonchev–Trinajstić information content (AvgIpc) is 2.77. The van der Waals surface area contributed by atoms with Crippen LogP contribution in [0.25, 0.3) is 0 Å². The molecule has 0 fully saturated rings. The lowest BCUT2D eigenvalue weighted by atomic mass is 10.1. The molecule has 0 radical (unpaired) electrons. The quantitative estimate of drug-likeness (QED) is 0.741. The first-order chi connectivity index (χ1) is 7.33. The Morgan fingerprint density at radius 1 is 1.33 bits per heavy atom. The average molecular weight is 198 g/mol. The van der Waals surface area contributed by atoms with Crippen LogP contribution in [-0.4, -0.2) is 14.7 Å². The zero-order chi connectivity index (χ0) is 10.7. The summed E-state index contributed by atoms with van der Waals surface area (Å²) in [6.45, 7) is 0. The molecule has 3 heteroatoms. The van der Waals surface area contributed by atoms with Crippen molar-refractivity contribution in [2.45, 2.75) is 6.10 Å². The number of aliphatic hydroxyl groups excluding tert-OH is 1. The van der Waals surface area contributed by atoms with E-state index in [2.05, 4.69) is 11.0 Å². The molecule has 0 saturated heterocycles. The molecule has 0 saturated carbocycles. The Kier molecular flexibility index (Phi) is 2.53. The van der Waals surface area contributed by atoms with Crippen molar-refractivity contribution in [1.82, 2.24) is 9.55 Å². The fourth-order valence-electron chi connectivity index (χ4n) is 1.41. The van der Waals surface area contributed by atoms with Gasteiger partial charge >= 0.3 is 0 Å². The Morgan fingerprint density at radius 3 is 2.73 bits per heavy atom. The van der Waals surface area contributed by atoms with Gasteiger partial charge in [-0.3, -0.25) is 4.57 Å². The molecule has 0 aliphatic rings. The third kappa shape index (κ3) is 1.76. The maximum absolute atomic E-state index is 10.0. The second kappa shape index (κ2) is 3.99. The van der Waals surface area contributed by atoms with E-state index in [1.807, 2.05) is 30.3 Å². The van der Waals surface area contributed by atoms with E-state index in [0.717, 1.165) is 5.56 Å². The van der Waals surface area contributed by atoms with Crippen molar-refractivity contribution in [1.29, 1.82) is 0 Å². The molecule has 2 rings (SSSR count). The summed E-state index contributed by atoms with van der Waals surface area (Å²) in [6.07, 6.45) is 7.70. The molecule has 1 N–H and O–H groups in total. The van der Waals surface area contributed by atoms with Crippen LogP contribution in [0, 0.1) is 12.5 Å². The molecule has 15 heavy (non-hydrogen) atoms. The minimum absolute atomic E-state index is 0.462. The van der Waals surface area contributed by atoms with Crippen LogP contribution in [-0.2, 0) is 0 Å². The normalized spacial score (nSPS) is 12.0. The summed E-state index contributed by atoms with van der Waals surface area (Å²) in [7, 11) is 0. The standard InChI is InChI=1S/C12H10N2O/c1-2-14-9-8-13-12(14)11(15)10-6-4-3-5-7-10/h1,3-9,11,15H. The van der Waals surface area contributed by atoms with Gasteiger partial charge in [-0.2, -0.15) is 0 Å². The largest absolute Gasteiger partial charge is 0.380 e. The maximum atomic E-state index is 10.0. The molecular weight excluding hydrogens is 188 g/mol. The number of benzene rings is 1. The maximum Gasteiger partial charge on any atom is 0.153 e. The van der Waals surface area contributed by atoms with E-state index in [0.29, 0.717) is 5.82 Å². The highest BCUT2D eigenvalue weighted by Crippen LogP contribution is 2.19. The van der Waals surface area contributed by atoms with E-state index in [1.165, 1.54) is 4.57 Å². The van der Waals surface area contributed by atoms with Gasteiger partial charge in [0.15, 0.2) is 5.82 Å². The number of imidazole rings is 1. The molecule has 1 unspecified atom stereocenters. The fourth-order valence-corrected chi connectivity index (χ4v) is 1.41. The van der Waals surface area contributed by atoms with Crippen molar-refractivity contribution >= 4 is 0 Å². The number of hydrogen-bond donors (Lipinski definition) is 1. The monoisotopic (exact) mass is 198 g/mol. The molecule has 0 aliphatic heterocycles. The Hall–Kier alpha value is -2.05. The topological polar surface area (TPSA) is 38.0 Å². The summed E-state index contributed by atoms with van der Waals surface area (Å²) >= 11 is 0. The molecule has 0 aliphatic carbocycles. The van der Waals surface area contributed by atoms with Crippen LogP contribution in [0.2, 0.25) is 0 Å². The number of nitrogens with zero attached hydrogens (tertiary/aromatic N) is 2. The lowest BCUT2D eigenvalue weighted by Gasteiger charge is -2.09. The van der Waals surface area contributed by atoms with Gasteiger partial charge in [0.05, 0.1) is 0 Å². The summed E-state index contributed by atoms with van der Waals surface area (Å²) in [5.74, 6) is 0.462. The van der Waals surface area contributed by atoms with Crippen LogP contribution in [0.3, 0.4) is 0 Å². The van der Waals surface area contributed by atoms with E-state index < -0.39 is 6.10 Å². The van der Waals surface area contributed by atoms with Crippen molar-refractivity contribution in [2.24, 2.45) is 0 Å². The molecule has 2 aromatic rings. The van der Waals surface area contributed by atoms with Crippen molar-refractivity contribution in [3.63, 3.8) is 0 Å². The second-order valence-electron chi connectivity index (χ2n) is 3.10. The third-order valence-electron chi connectivity index (χ3n) is 2.17. The highest BCUT2D eigenvalue weighted by Gasteiger charge is 2.14. The zero-order valence-corrected chi connectivity index (χ0v) is 8.04. The van der Waals surface area contributed by atoms with Gasteiger partial charge in [-0.1, -0.05) is 36.8 Å². The molecule has 1 heterocycles. The molecule has 1 aromatic heterocycles. The lowest BCUT2D eigenvalue weighted by Crippen LogP contribution is -2.06. The van der Waals surface area contributed by atoms with Gasteiger partial charge in [0.25, 0.3) is 0 Å². The van der Waals surface area contributed by atoms with Crippen LogP contribution in [0.1, 0.15) is 17.5 Å². The van der Waals surface area contributed by atoms with Gasteiger partial charge in [-0.15, -0.1) is 0 Å². The lowest BCUT2D eigenvalue weighted by molar-refractivity contribution is 0.208. The van der Waals surface area contributed by atoms with Crippen LogP contribution >= 0.6 is 0 Å². The van der Waals surface area contributed by atoms with Gasteiger partial charge in [0.1, 0.15) is 6.10 Å². The van der Waals surface area contributed by atoms with Crippen LogP contribution in [0.5, 0.6) is 0 Å². The molecule has 0 amide bonds. The Balaban J connectivity index is 2.38. The summed E-state index contributed by atoms with van der Waals surface area (Å²) in [5, 5.41) is 10.0. The van der Waals surface area contributed by atoms with Gasteiger partial charge in [0, 0.05) is 18.4 Å². The van der Waals surface area contributed by atoms with E-state index in [1.54, 1.807) is 12.4 Å². The van der Waals surface area contributed by atoms with Crippen LogP contribution < -0.4 is 0 Å². The Morgan fingerprint density at radius 2 is 2.07 bits per heavy atom. The molecule has 74 valence electrons. The number of aliphatic hydroxyl groups is 1. The molecule has 0 bridgehead atoms. The van der Waals surface area contributed by atoms with Gasteiger partial charge < -0.3 is 5.11 Å². The van der Waals surface area contributed by atoms with E-state index >= 15 is 0 Å². The minimum atomic E-state index is -0.780. The van der Waals surface area contributed by atoms with E-state index in [-0.39, 0.29) is 0 Å². The fraction of sp³-hybridized carbons (Fsp3) is 0.0833. The molecular formula is C12H10N2O. The number of rotatable bonds is 2. The van der Waals surface area contributed by atoms with Crippen molar-refractivity contribution in [2.75, 3.05) is 0 Å². The van der Waals surface area contributed by atoms with E-state index in [4.69, 9.17) is 6.42 Å². The number of aromatic nitrogens is 2. The summed E-state index contributed by atoms with van der Waals surface area (Å²) < 4.78 is 1.47. The van der Waals surface area contributed by atoms with Crippen molar-refractivity contribution in [3.8, 4) is 12.5 Å². The summed E-state index contributed by atoms with van der Waals surface area (Å²) in [5.41, 5.74) is 0.778.